The Bertz CT molecular complexity index is 1090. The van der Waals surface area contributed by atoms with Crippen molar-refractivity contribution in [2.24, 2.45) is 5.73 Å². The lowest BCUT2D eigenvalue weighted by Crippen LogP contribution is -2.24. The quantitative estimate of drug-likeness (QED) is 0.548. The normalized spacial score (nSPS) is 13.0. The molecule has 1 aromatic heterocycles. The Labute approximate surface area is 166 Å². The Morgan fingerprint density at radius 2 is 2.18 bits per heavy atom. The van der Waals surface area contributed by atoms with E-state index in [-0.39, 0.29) is 17.9 Å². The minimum atomic E-state index is -0.615. The predicted octanol–water partition coefficient (Wildman–Crippen LogP) is 4.02. The second kappa shape index (κ2) is 7.56. The lowest BCUT2D eigenvalue weighted by atomic mass is 10.0. The fraction of sp³-hybridized carbons (Fsp3) is 0.190. The number of benzene rings is 2. The molecule has 0 saturated heterocycles. The van der Waals surface area contributed by atoms with Crippen molar-refractivity contribution in [2.75, 3.05) is 13.2 Å². The number of hydrogen-bond donors (Lipinski definition) is 3. The van der Waals surface area contributed by atoms with E-state index in [1.165, 1.54) is 17.7 Å². The summed E-state index contributed by atoms with van der Waals surface area (Å²) in [5.74, 6) is -1.05. The molecule has 0 radical (unpaired) electrons. The van der Waals surface area contributed by atoms with E-state index in [0.29, 0.717) is 17.1 Å². The van der Waals surface area contributed by atoms with E-state index < -0.39 is 11.7 Å². The highest BCUT2D eigenvalue weighted by Crippen LogP contribution is 2.31. The number of ether oxygens (including phenoxy) is 1. The zero-order valence-electron chi connectivity index (χ0n) is 15.0. The van der Waals surface area contributed by atoms with Gasteiger partial charge < -0.3 is 20.8 Å². The van der Waals surface area contributed by atoms with Gasteiger partial charge in [0.2, 0.25) is 5.91 Å². The molecule has 5 nitrogen and oxygen atoms in total. The first-order chi connectivity index (χ1) is 13.5. The number of halogens is 2. The fourth-order valence-electron chi connectivity index (χ4n) is 3.43. The first-order valence-corrected chi connectivity index (χ1v) is 9.36. The number of primary amides is 1. The molecule has 2 aromatic carbocycles. The minimum absolute atomic E-state index is 0.0671. The summed E-state index contributed by atoms with van der Waals surface area (Å²) in [6.45, 7) is 0.924. The summed E-state index contributed by atoms with van der Waals surface area (Å²) in [6.07, 6.45) is 5.49. The largest absolute Gasteiger partial charge is 0.484 e. The van der Waals surface area contributed by atoms with Gasteiger partial charge in [0.15, 0.2) is 11.6 Å². The Morgan fingerprint density at radius 1 is 1.32 bits per heavy atom. The van der Waals surface area contributed by atoms with Gasteiger partial charge in [0.05, 0.1) is 5.56 Å². The van der Waals surface area contributed by atoms with Gasteiger partial charge in [0, 0.05) is 39.9 Å². The number of fused-ring (bicyclic) bond motifs is 2. The van der Waals surface area contributed by atoms with Crippen LogP contribution in [0, 0.1) is 5.82 Å². The van der Waals surface area contributed by atoms with Crippen molar-refractivity contribution in [2.45, 2.75) is 12.8 Å². The molecule has 28 heavy (non-hydrogen) atoms. The van der Waals surface area contributed by atoms with E-state index in [9.17, 15) is 9.18 Å². The van der Waals surface area contributed by atoms with Crippen molar-refractivity contribution in [3.8, 4) is 5.75 Å². The molecule has 0 saturated carbocycles. The standard InChI is InChI=1S/C21H19ClFN3O2/c22-13-3-6-19-16(8-13)12(10-26-19)2-1-7-25-14-9-17-15(21(24)27)4-5-18(23)20(17)28-11-14/h3-6,8-10,25-26H,1-2,7,11H2,(H2,24,27). The van der Waals surface area contributed by atoms with Crippen molar-refractivity contribution < 1.29 is 13.9 Å². The van der Waals surface area contributed by atoms with Crippen LogP contribution in [0.5, 0.6) is 5.75 Å². The number of amides is 1. The number of carbonyl (C=O) groups excluding carboxylic acids is 1. The molecule has 4 N–H and O–H groups in total. The Hall–Kier alpha value is -2.99. The smallest absolute Gasteiger partial charge is 0.249 e. The number of aryl methyl sites for hydroxylation is 1. The van der Waals surface area contributed by atoms with Crippen LogP contribution in [-0.4, -0.2) is 24.0 Å². The van der Waals surface area contributed by atoms with E-state index in [1.54, 1.807) is 6.08 Å². The number of rotatable bonds is 6. The van der Waals surface area contributed by atoms with Gasteiger partial charge in [-0.3, -0.25) is 4.79 Å². The highest BCUT2D eigenvalue weighted by Gasteiger charge is 2.21. The van der Waals surface area contributed by atoms with Gasteiger partial charge in [-0.1, -0.05) is 11.6 Å². The van der Waals surface area contributed by atoms with Crippen molar-refractivity contribution >= 4 is 34.5 Å². The van der Waals surface area contributed by atoms with Crippen molar-refractivity contribution in [1.82, 2.24) is 10.3 Å². The number of aromatic nitrogens is 1. The van der Waals surface area contributed by atoms with Crippen LogP contribution in [0.3, 0.4) is 0 Å². The molecule has 0 spiro atoms. The van der Waals surface area contributed by atoms with Gasteiger partial charge >= 0.3 is 0 Å². The zero-order valence-corrected chi connectivity index (χ0v) is 15.8. The summed E-state index contributed by atoms with van der Waals surface area (Å²) in [5.41, 5.74) is 9.06. The van der Waals surface area contributed by atoms with Crippen molar-refractivity contribution in [3.63, 3.8) is 0 Å². The van der Waals surface area contributed by atoms with Gasteiger partial charge in [-0.25, -0.2) is 4.39 Å². The maximum Gasteiger partial charge on any atom is 0.249 e. The molecule has 4 rings (SSSR count). The molecule has 0 unspecified atom stereocenters. The first-order valence-electron chi connectivity index (χ1n) is 8.98. The molecule has 0 bridgehead atoms. The third kappa shape index (κ3) is 3.55. The molecule has 1 aliphatic heterocycles. The maximum absolute atomic E-state index is 13.9. The van der Waals surface area contributed by atoms with Crippen LogP contribution in [0.1, 0.15) is 27.9 Å². The highest BCUT2D eigenvalue weighted by molar-refractivity contribution is 6.31. The SMILES string of the molecule is NC(=O)c1ccc(F)c2c1C=C(NCCCc1c[nH]c3ccc(Cl)cc13)CO2. The molecular weight excluding hydrogens is 381 g/mol. The first kappa shape index (κ1) is 18.4. The number of nitrogens with one attached hydrogen (secondary N) is 2. The van der Waals surface area contributed by atoms with E-state index >= 15 is 0 Å². The van der Waals surface area contributed by atoms with E-state index in [4.69, 9.17) is 22.1 Å². The van der Waals surface area contributed by atoms with E-state index in [1.807, 2.05) is 24.4 Å². The number of carbonyl (C=O) groups is 1. The summed E-state index contributed by atoms with van der Waals surface area (Å²) < 4.78 is 19.4. The third-order valence-electron chi connectivity index (χ3n) is 4.81. The second-order valence-corrected chi connectivity index (χ2v) is 7.13. The summed E-state index contributed by atoms with van der Waals surface area (Å²) in [7, 11) is 0. The number of hydrogen-bond acceptors (Lipinski definition) is 3. The Morgan fingerprint density at radius 3 is 3.00 bits per heavy atom. The van der Waals surface area contributed by atoms with Gasteiger partial charge in [0.25, 0.3) is 0 Å². The summed E-state index contributed by atoms with van der Waals surface area (Å²) in [4.78, 5) is 14.8. The number of nitrogens with two attached hydrogens (primary N) is 1. The van der Waals surface area contributed by atoms with Gasteiger partial charge in [-0.05, 0) is 54.8 Å². The number of aromatic amines is 1. The van der Waals surface area contributed by atoms with Gasteiger partial charge in [0.1, 0.15) is 6.61 Å². The molecule has 2 heterocycles. The second-order valence-electron chi connectivity index (χ2n) is 6.69. The lowest BCUT2D eigenvalue weighted by molar-refractivity contribution is 0.0999. The molecule has 1 amide bonds. The molecule has 0 aliphatic carbocycles. The van der Waals surface area contributed by atoms with E-state index in [2.05, 4.69) is 10.3 Å². The average molecular weight is 400 g/mol. The van der Waals surface area contributed by atoms with Crippen LogP contribution in [0.25, 0.3) is 17.0 Å². The van der Waals surface area contributed by atoms with Crippen LogP contribution < -0.4 is 15.8 Å². The van der Waals surface area contributed by atoms with Crippen molar-refractivity contribution in [3.05, 3.63) is 69.8 Å². The van der Waals surface area contributed by atoms with Crippen LogP contribution in [0.4, 0.5) is 4.39 Å². The van der Waals surface area contributed by atoms with Crippen LogP contribution in [0.15, 0.2) is 42.2 Å². The molecule has 7 heteroatoms. The Kier molecular flexibility index (Phi) is 4.96. The van der Waals surface area contributed by atoms with Crippen LogP contribution in [0.2, 0.25) is 5.02 Å². The lowest BCUT2D eigenvalue weighted by Gasteiger charge is -2.21. The molecule has 144 valence electrons. The highest BCUT2D eigenvalue weighted by atomic mass is 35.5. The van der Waals surface area contributed by atoms with Crippen LogP contribution in [-0.2, 0) is 6.42 Å². The topological polar surface area (TPSA) is 80.1 Å². The maximum atomic E-state index is 13.9. The summed E-state index contributed by atoms with van der Waals surface area (Å²) in [6, 6.07) is 8.36. The minimum Gasteiger partial charge on any atom is -0.484 e. The van der Waals surface area contributed by atoms with Crippen molar-refractivity contribution in [1.29, 1.82) is 0 Å². The molecule has 3 aromatic rings. The molecule has 1 aliphatic rings. The Balaban J connectivity index is 1.42. The summed E-state index contributed by atoms with van der Waals surface area (Å²) >= 11 is 6.09. The fourth-order valence-corrected chi connectivity index (χ4v) is 3.60. The molecule has 0 fully saturated rings. The van der Waals surface area contributed by atoms with E-state index in [0.717, 1.165) is 29.4 Å². The average Bonchev–Trinajstić information content (AvgIpc) is 3.07. The number of H-pyrrole nitrogens is 1. The third-order valence-corrected chi connectivity index (χ3v) is 5.04. The van der Waals surface area contributed by atoms with Gasteiger partial charge in [-0.2, -0.15) is 0 Å². The zero-order chi connectivity index (χ0) is 19.7. The monoisotopic (exact) mass is 399 g/mol. The van der Waals surface area contributed by atoms with Crippen LogP contribution >= 0.6 is 11.6 Å². The molecule has 0 atom stereocenters. The summed E-state index contributed by atoms with van der Waals surface area (Å²) in [5, 5.41) is 5.14. The molecular formula is C21H19ClFN3O2. The van der Waals surface area contributed by atoms with Gasteiger partial charge in [-0.15, -0.1) is 0 Å². The predicted molar refractivity (Wildman–Crippen MR) is 108 cm³/mol.